The summed E-state index contributed by atoms with van der Waals surface area (Å²) in [5.74, 6) is 0.339. The largest absolute Gasteiger partial charge is 1.00 e. The van der Waals surface area contributed by atoms with Crippen molar-refractivity contribution < 1.29 is 87.8 Å². The maximum Gasteiger partial charge on any atom is 1.00 e. The average molecular weight is 588 g/mol. The second kappa shape index (κ2) is 15.8. The number of likely N-dealkylation sites (N-methyl/N-ethyl adjacent to an activating group) is 1. The van der Waals surface area contributed by atoms with E-state index in [1.807, 2.05) is 18.6 Å². The van der Waals surface area contributed by atoms with Gasteiger partial charge in [-0.3, -0.25) is 14.4 Å². The first-order valence-electron chi connectivity index (χ1n) is 8.59. The third-order valence-corrected chi connectivity index (χ3v) is 4.50. The Morgan fingerprint density at radius 2 is 1.84 bits per heavy atom. The number of carbonyl (C=O) groups is 3. The second-order valence-electron chi connectivity index (χ2n) is 5.98. The molecule has 2 aromatic rings. The van der Waals surface area contributed by atoms with Crippen LogP contribution in [-0.2, 0) is 27.3 Å². The zero-order valence-electron chi connectivity index (χ0n) is 17.7. The van der Waals surface area contributed by atoms with E-state index in [9.17, 15) is 9.59 Å². The number of primary amides is 1. The molecule has 162 valence electrons. The first kappa shape index (κ1) is 30.0. The van der Waals surface area contributed by atoms with Crippen LogP contribution < -0.4 is 74.6 Å². The number of hydrogen-bond acceptors (Lipinski definition) is 6. The molecule has 1 heterocycles. The van der Waals surface area contributed by atoms with Crippen molar-refractivity contribution in [1.82, 2.24) is 19.9 Å². The maximum absolute atomic E-state index is 12.3. The van der Waals surface area contributed by atoms with Gasteiger partial charge in [0.1, 0.15) is 11.6 Å². The minimum Gasteiger partial charge on any atom is -0.372 e. The Balaban J connectivity index is 0.00000212. The SMILES string of the molecule is C/C(=C(\Cl)C(=O)N(C)Cc1nc(C[CH-]c2ccc(Cl)cc2)no1)N(C)C=O.NC=O.[Cs+]. The van der Waals surface area contributed by atoms with Gasteiger partial charge < -0.3 is 20.1 Å². The Morgan fingerprint density at radius 1 is 1.26 bits per heavy atom. The van der Waals surface area contributed by atoms with Crippen molar-refractivity contribution in [3.8, 4) is 0 Å². The van der Waals surface area contributed by atoms with E-state index in [1.165, 1.54) is 16.8 Å². The van der Waals surface area contributed by atoms with Gasteiger partial charge in [-0.05, 0) is 13.3 Å². The zero-order chi connectivity index (χ0) is 22.7. The van der Waals surface area contributed by atoms with Gasteiger partial charge in [0.25, 0.3) is 5.91 Å². The van der Waals surface area contributed by atoms with Gasteiger partial charge in [0.15, 0.2) is 5.82 Å². The first-order chi connectivity index (χ1) is 14.2. The molecule has 3 amide bonds. The van der Waals surface area contributed by atoms with Crippen LogP contribution in [0.4, 0.5) is 0 Å². The maximum atomic E-state index is 12.3. The summed E-state index contributed by atoms with van der Waals surface area (Å²) >= 11 is 11.9. The summed E-state index contributed by atoms with van der Waals surface area (Å²) in [6.45, 7) is 1.68. The Labute approximate surface area is 249 Å². The smallest absolute Gasteiger partial charge is 0.372 e. The standard InChI is InChI=1S/C18H19Cl2N4O3.CH3NO.Cs/c1-12(24(3)11-25)17(20)18(26)23(2)10-16-21-15(22-27-16)9-6-13-4-7-14(19)8-5-13;2-1-3;/h4-8,11H,9-10H2,1-3H3;1H,(H2,2,3);/q-1;;+1/b17-12+;;. The van der Waals surface area contributed by atoms with E-state index in [0.29, 0.717) is 29.4 Å². The van der Waals surface area contributed by atoms with Gasteiger partial charge in [-0.25, -0.2) is 0 Å². The first-order valence-corrected chi connectivity index (χ1v) is 9.34. The summed E-state index contributed by atoms with van der Waals surface area (Å²) in [5.41, 5.74) is 5.51. The molecule has 0 atom stereocenters. The molecule has 0 aliphatic carbocycles. The van der Waals surface area contributed by atoms with Crippen LogP contribution in [0.15, 0.2) is 39.5 Å². The van der Waals surface area contributed by atoms with Crippen molar-refractivity contribution in [1.29, 1.82) is 0 Å². The molecular formula is C19H22Cl2CsN5O4. The quantitative estimate of drug-likeness (QED) is 0.244. The molecule has 0 bridgehead atoms. The third kappa shape index (κ3) is 10.4. The number of aromatic nitrogens is 2. The Bertz CT molecular complexity index is 890. The van der Waals surface area contributed by atoms with Crippen LogP contribution in [0.2, 0.25) is 5.02 Å². The average Bonchev–Trinajstić information content (AvgIpc) is 3.18. The van der Waals surface area contributed by atoms with Crippen molar-refractivity contribution in [3.05, 3.63) is 63.7 Å². The molecule has 0 aliphatic heterocycles. The van der Waals surface area contributed by atoms with E-state index in [-0.39, 0.29) is 92.8 Å². The van der Waals surface area contributed by atoms with Crippen LogP contribution in [-0.4, -0.2) is 52.8 Å². The molecule has 1 aromatic carbocycles. The van der Waals surface area contributed by atoms with Gasteiger partial charge >= 0.3 is 68.9 Å². The van der Waals surface area contributed by atoms with Crippen molar-refractivity contribution in [2.75, 3.05) is 14.1 Å². The minimum atomic E-state index is -0.449. The number of rotatable bonds is 8. The van der Waals surface area contributed by atoms with E-state index in [0.717, 1.165) is 5.56 Å². The zero-order valence-corrected chi connectivity index (χ0v) is 25.5. The summed E-state index contributed by atoms with van der Waals surface area (Å²) in [5, 5.41) is 4.52. The fraction of sp³-hybridized carbons (Fsp3) is 0.263. The number of allylic oxidation sites excluding steroid dienone is 1. The molecule has 1 aromatic heterocycles. The molecular weight excluding hydrogens is 566 g/mol. The van der Waals surface area contributed by atoms with Gasteiger partial charge in [-0.15, -0.1) is 0 Å². The minimum absolute atomic E-state index is 0. The number of benzene rings is 1. The van der Waals surface area contributed by atoms with Crippen LogP contribution in [0.25, 0.3) is 0 Å². The number of nitrogens with zero attached hydrogens (tertiary/aromatic N) is 4. The predicted molar refractivity (Wildman–Crippen MR) is 112 cm³/mol. The van der Waals surface area contributed by atoms with Crippen LogP contribution in [0.1, 0.15) is 24.2 Å². The van der Waals surface area contributed by atoms with Gasteiger partial charge in [0.2, 0.25) is 18.7 Å². The Kier molecular flexibility index (Phi) is 15.3. The Morgan fingerprint density at radius 3 is 2.39 bits per heavy atom. The molecule has 0 saturated carbocycles. The summed E-state index contributed by atoms with van der Waals surface area (Å²) in [6.07, 6.45) is 3.25. The molecule has 2 rings (SSSR count). The normalized spacial score (nSPS) is 10.5. The van der Waals surface area contributed by atoms with E-state index >= 15 is 0 Å². The van der Waals surface area contributed by atoms with Crippen molar-refractivity contribution in [3.63, 3.8) is 0 Å². The van der Waals surface area contributed by atoms with E-state index < -0.39 is 5.91 Å². The summed E-state index contributed by atoms with van der Waals surface area (Å²) in [6, 6.07) is 7.39. The predicted octanol–water partition coefficient (Wildman–Crippen LogP) is -0.860. The van der Waals surface area contributed by atoms with Crippen LogP contribution in [0, 0.1) is 6.42 Å². The fourth-order valence-corrected chi connectivity index (χ4v) is 2.48. The van der Waals surface area contributed by atoms with Crippen LogP contribution in [0.5, 0.6) is 0 Å². The molecule has 0 spiro atoms. The topological polar surface area (TPSA) is 123 Å². The number of amides is 3. The molecule has 9 nitrogen and oxygen atoms in total. The molecule has 0 radical (unpaired) electrons. The van der Waals surface area contributed by atoms with Crippen LogP contribution in [0.3, 0.4) is 0 Å². The molecule has 31 heavy (non-hydrogen) atoms. The molecule has 12 heteroatoms. The third-order valence-electron chi connectivity index (χ3n) is 3.81. The fourth-order valence-electron chi connectivity index (χ4n) is 2.08. The summed E-state index contributed by atoms with van der Waals surface area (Å²) in [7, 11) is 3.07. The molecule has 2 N–H and O–H groups in total. The molecule has 0 saturated heterocycles. The number of nitrogens with two attached hydrogens (primary N) is 1. The van der Waals surface area contributed by atoms with Crippen molar-refractivity contribution in [2.45, 2.75) is 19.9 Å². The van der Waals surface area contributed by atoms with Gasteiger partial charge in [-0.2, -0.15) is 29.1 Å². The van der Waals surface area contributed by atoms with E-state index in [2.05, 4.69) is 15.9 Å². The van der Waals surface area contributed by atoms with Gasteiger partial charge in [0, 0.05) is 24.8 Å². The number of hydrogen-bond donors (Lipinski definition) is 1. The monoisotopic (exact) mass is 587 g/mol. The van der Waals surface area contributed by atoms with E-state index in [4.69, 9.17) is 32.5 Å². The molecule has 0 unspecified atom stereocenters. The summed E-state index contributed by atoms with van der Waals surface area (Å²) in [4.78, 5) is 38.5. The molecule has 0 aliphatic rings. The van der Waals surface area contributed by atoms with E-state index in [1.54, 1.807) is 26.1 Å². The molecule has 0 fully saturated rings. The summed E-state index contributed by atoms with van der Waals surface area (Å²) < 4.78 is 5.18. The number of halogens is 2. The number of carbonyl (C=O) groups excluding carboxylic acids is 3. The van der Waals surface area contributed by atoms with Crippen molar-refractivity contribution in [2.24, 2.45) is 5.73 Å². The Hall–Kier alpha value is -0.988. The van der Waals surface area contributed by atoms with Crippen molar-refractivity contribution >= 4 is 41.9 Å². The second-order valence-corrected chi connectivity index (χ2v) is 6.79. The van der Waals surface area contributed by atoms with Gasteiger partial charge in [-0.1, -0.05) is 40.5 Å². The van der Waals surface area contributed by atoms with Gasteiger partial charge in [0.05, 0.1) is 0 Å². The van der Waals surface area contributed by atoms with Crippen LogP contribution >= 0.6 is 23.2 Å².